The van der Waals surface area contributed by atoms with Crippen molar-refractivity contribution in [2.75, 3.05) is 12.2 Å². The molecule has 0 heterocycles. The van der Waals surface area contributed by atoms with Gasteiger partial charge in [-0.15, -0.1) is 11.6 Å². The largest absolute Gasteiger partial charge is 1.00 e. The number of alkyl halides is 1. The number of rotatable bonds is 3. The Hall–Kier alpha value is 1.44. The molecule has 50 valence electrons. The normalized spacial score (nSPS) is 15.9. The molecule has 0 aliphatic heterocycles. The molecule has 0 amide bonds. The molecule has 1 unspecified atom stereocenters. The smallest absolute Gasteiger partial charge is 0.778 e. The molecule has 9 heavy (non-hydrogen) atoms. The van der Waals surface area contributed by atoms with Gasteiger partial charge in [0, 0.05) is 0 Å². The van der Waals surface area contributed by atoms with Gasteiger partial charge in [-0.05, 0) is 6.92 Å². The van der Waals surface area contributed by atoms with Crippen molar-refractivity contribution in [1.82, 2.24) is 0 Å². The van der Waals surface area contributed by atoms with Gasteiger partial charge >= 0.3 is 29.6 Å². The van der Waals surface area contributed by atoms with Crippen molar-refractivity contribution in [3.63, 3.8) is 0 Å². The molecule has 0 aliphatic rings. The van der Waals surface area contributed by atoms with Crippen LogP contribution in [0, 0.1) is 0 Å². The zero-order chi connectivity index (χ0) is 6.62. The van der Waals surface area contributed by atoms with E-state index in [-0.39, 0.29) is 36.2 Å². The molecule has 0 radical (unpaired) electrons. The fourth-order valence-corrected chi connectivity index (χ4v) is 0.901. The van der Waals surface area contributed by atoms with E-state index in [1.165, 1.54) is 0 Å². The molecule has 0 aromatic carbocycles. The average Bonchev–Trinajstić information content (AvgIpc) is 1.67. The molecule has 0 aromatic heterocycles. The first-order valence-electron chi connectivity index (χ1n) is 2.13. The van der Waals surface area contributed by atoms with E-state index in [0.29, 0.717) is 0 Å². The summed E-state index contributed by atoms with van der Waals surface area (Å²) in [6, 6.07) is 0. The second kappa shape index (κ2) is 6.17. The maximum Gasteiger partial charge on any atom is 1.00 e. The van der Waals surface area contributed by atoms with E-state index in [4.69, 9.17) is 11.6 Å². The Kier molecular flexibility index (Phi) is 8.95. The average molecular weight is 181 g/mol. The van der Waals surface area contributed by atoms with Crippen molar-refractivity contribution < 1.29 is 43.5 Å². The molecule has 0 saturated carbocycles. The molecule has 0 spiro atoms. The van der Waals surface area contributed by atoms with E-state index in [2.05, 4.69) is 4.52 Å². The Balaban J connectivity index is 0. The van der Waals surface area contributed by atoms with Gasteiger partial charge in [-0.25, -0.2) is 0 Å². The number of halogens is 1. The molecular weight excluding hydrogens is 173 g/mol. The molecule has 0 rings (SSSR count). The Labute approximate surface area is 81.6 Å². The quantitative estimate of drug-likeness (QED) is 0.281. The third-order valence-electron chi connectivity index (χ3n) is 0.472. The predicted octanol–water partition coefficient (Wildman–Crippen LogP) is -2.22. The third-order valence-corrected chi connectivity index (χ3v) is 2.29. The van der Waals surface area contributed by atoms with E-state index >= 15 is 0 Å². The topological polar surface area (TPSA) is 49.4 Å². The van der Waals surface area contributed by atoms with Crippen molar-refractivity contribution >= 4 is 19.2 Å². The molecule has 0 saturated heterocycles. The minimum Gasteiger partial charge on any atom is -0.778 e. The van der Waals surface area contributed by atoms with Gasteiger partial charge in [0.1, 0.15) is 7.60 Å². The van der Waals surface area contributed by atoms with Gasteiger partial charge in [0.05, 0.1) is 12.2 Å². The van der Waals surface area contributed by atoms with Crippen LogP contribution in [0.5, 0.6) is 0 Å². The summed E-state index contributed by atoms with van der Waals surface area (Å²) >= 11 is 4.97. The summed E-state index contributed by atoms with van der Waals surface area (Å²) in [5.41, 5.74) is -0.444. The monoisotopic (exact) mass is 180 g/mol. The molecular formula is C3H7ClNaO3P. The van der Waals surface area contributed by atoms with Crippen LogP contribution in [-0.4, -0.2) is 12.2 Å². The second-order valence-electron chi connectivity index (χ2n) is 1.15. The van der Waals surface area contributed by atoms with Gasteiger partial charge in [0.25, 0.3) is 0 Å². The van der Waals surface area contributed by atoms with Gasteiger partial charge in [-0.2, -0.15) is 0 Å². The fourth-order valence-electron chi connectivity index (χ4n) is 0.231. The Bertz CT molecular complexity index is 109. The van der Waals surface area contributed by atoms with Crippen LogP contribution in [-0.2, 0) is 9.09 Å². The van der Waals surface area contributed by atoms with Gasteiger partial charge in [0.2, 0.25) is 0 Å². The first-order valence-corrected chi connectivity index (χ1v) is 4.39. The second-order valence-corrected chi connectivity index (χ2v) is 3.58. The Morgan fingerprint density at radius 2 is 2.22 bits per heavy atom. The van der Waals surface area contributed by atoms with Gasteiger partial charge in [0.15, 0.2) is 0 Å². The van der Waals surface area contributed by atoms with Crippen LogP contribution in [0.1, 0.15) is 6.92 Å². The predicted molar refractivity (Wildman–Crippen MR) is 30.0 cm³/mol. The van der Waals surface area contributed by atoms with Gasteiger partial charge in [-0.3, -0.25) is 0 Å². The van der Waals surface area contributed by atoms with E-state index in [1.54, 1.807) is 6.92 Å². The first-order chi connectivity index (χ1) is 3.62. The van der Waals surface area contributed by atoms with E-state index < -0.39 is 13.2 Å². The first kappa shape index (κ1) is 13.1. The minimum absolute atomic E-state index is 0. The van der Waals surface area contributed by atoms with Crippen LogP contribution in [0.15, 0.2) is 0 Å². The van der Waals surface area contributed by atoms with Crippen molar-refractivity contribution in [1.29, 1.82) is 0 Å². The summed E-state index contributed by atoms with van der Waals surface area (Å²) in [6.07, 6.45) is 0. The zero-order valence-corrected chi connectivity index (χ0v) is 9.11. The molecule has 0 N–H and O–H groups in total. The molecule has 0 aromatic rings. The molecule has 0 bridgehead atoms. The van der Waals surface area contributed by atoms with Crippen molar-refractivity contribution in [2.24, 2.45) is 0 Å². The molecule has 6 heteroatoms. The summed E-state index contributed by atoms with van der Waals surface area (Å²) in [7, 11) is -3.66. The third kappa shape index (κ3) is 7.34. The van der Waals surface area contributed by atoms with Crippen molar-refractivity contribution in [3.05, 3.63) is 0 Å². The van der Waals surface area contributed by atoms with Crippen LogP contribution in [0.2, 0.25) is 0 Å². The Morgan fingerprint density at radius 3 is 2.33 bits per heavy atom. The summed E-state index contributed by atoms with van der Waals surface area (Å²) < 4.78 is 14.5. The van der Waals surface area contributed by atoms with Crippen LogP contribution in [0.4, 0.5) is 0 Å². The molecule has 0 aliphatic carbocycles. The maximum atomic E-state index is 10.3. The zero-order valence-electron chi connectivity index (χ0n) is 5.46. The summed E-state index contributed by atoms with van der Waals surface area (Å²) in [4.78, 5) is 10.3. The maximum absolute atomic E-state index is 10.3. The molecule has 1 atom stereocenters. The molecule has 0 fully saturated rings. The summed E-state index contributed by atoms with van der Waals surface area (Å²) in [5.74, 6) is 0. The van der Waals surface area contributed by atoms with Crippen LogP contribution < -0.4 is 34.5 Å². The van der Waals surface area contributed by atoms with E-state index in [9.17, 15) is 9.46 Å². The van der Waals surface area contributed by atoms with Crippen molar-refractivity contribution in [2.45, 2.75) is 6.92 Å². The van der Waals surface area contributed by atoms with Gasteiger partial charge < -0.3 is 14.0 Å². The summed E-state index contributed by atoms with van der Waals surface area (Å²) in [6.45, 7) is 1.75. The van der Waals surface area contributed by atoms with Crippen LogP contribution in [0.3, 0.4) is 0 Å². The van der Waals surface area contributed by atoms with E-state index in [1.807, 2.05) is 0 Å². The van der Waals surface area contributed by atoms with Crippen molar-refractivity contribution in [3.8, 4) is 0 Å². The van der Waals surface area contributed by atoms with E-state index in [0.717, 1.165) is 0 Å². The SMILES string of the molecule is CCOP(=O)([O-])CCl.[Na+]. The minimum atomic E-state index is -3.66. The Morgan fingerprint density at radius 1 is 1.78 bits per heavy atom. The van der Waals surface area contributed by atoms with Crippen LogP contribution in [0.25, 0.3) is 0 Å². The summed E-state index contributed by atoms with van der Waals surface area (Å²) in [5, 5.41) is 0. The number of hydrogen-bond acceptors (Lipinski definition) is 3. The molecule has 3 nitrogen and oxygen atoms in total. The van der Waals surface area contributed by atoms with Gasteiger partial charge in [-0.1, -0.05) is 0 Å². The fraction of sp³-hybridized carbons (Fsp3) is 1.00. The standard InChI is InChI=1S/C3H8ClO3P.Na/c1-2-7-8(5,6)3-4;/h2-3H2,1H3,(H,5,6);/q;+1/p-1. The van der Waals surface area contributed by atoms with Crippen LogP contribution >= 0.6 is 19.2 Å². The number of hydrogen-bond donors (Lipinski definition) is 0.